The monoisotopic (exact) mass is 381 g/mol. The first-order valence-electron chi connectivity index (χ1n) is 9.08. The van der Waals surface area contributed by atoms with Gasteiger partial charge in [-0.3, -0.25) is 4.79 Å². The van der Waals surface area contributed by atoms with Crippen LogP contribution in [-0.2, 0) is 11.3 Å². The lowest BCUT2D eigenvalue weighted by Crippen LogP contribution is -2.35. The summed E-state index contributed by atoms with van der Waals surface area (Å²) >= 11 is 0. The third-order valence-electron chi connectivity index (χ3n) is 4.30. The number of benzene rings is 1. The number of imidazole rings is 1. The third-order valence-corrected chi connectivity index (χ3v) is 4.30. The van der Waals surface area contributed by atoms with Gasteiger partial charge in [0, 0.05) is 30.5 Å². The van der Waals surface area contributed by atoms with Gasteiger partial charge in [-0.25, -0.2) is 14.5 Å². The van der Waals surface area contributed by atoms with E-state index in [-0.39, 0.29) is 11.9 Å². The van der Waals surface area contributed by atoms with Gasteiger partial charge in [-0.2, -0.15) is 5.10 Å². The minimum Gasteiger partial charge on any atom is -0.462 e. The summed E-state index contributed by atoms with van der Waals surface area (Å²) in [7, 11) is 0. The maximum Gasteiger partial charge on any atom is 0.341 e. The van der Waals surface area contributed by atoms with E-state index in [2.05, 4.69) is 15.4 Å². The molecule has 0 bridgehead atoms. The highest BCUT2D eigenvalue weighted by molar-refractivity contribution is 5.94. The first-order chi connectivity index (χ1) is 13.5. The van der Waals surface area contributed by atoms with E-state index in [0.717, 1.165) is 5.69 Å². The molecule has 0 saturated heterocycles. The normalized spacial score (nSPS) is 11.8. The van der Waals surface area contributed by atoms with E-state index in [1.165, 1.54) is 6.20 Å². The zero-order valence-electron chi connectivity index (χ0n) is 16.1. The van der Waals surface area contributed by atoms with Crippen LogP contribution in [0.5, 0.6) is 0 Å². The van der Waals surface area contributed by atoms with Crippen LogP contribution in [0.4, 0.5) is 0 Å². The summed E-state index contributed by atoms with van der Waals surface area (Å²) in [5, 5.41) is 7.23. The number of hydrogen-bond acceptors (Lipinski definition) is 5. The van der Waals surface area contributed by atoms with Gasteiger partial charge in [0.05, 0.1) is 30.5 Å². The SMILES string of the molecule is CCOC(=O)c1cnn(-c2ccc(C(=O)NC(C)Cn3ccnc3)cc2)c1C. The van der Waals surface area contributed by atoms with Gasteiger partial charge in [0.25, 0.3) is 5.91 Å². The summed E-state index contributed by atoms with van der Waals surface area (Å²) in [6.07, 6.45) is 6.77. The van der Waals surface area contributed by atoms with Crippen LogP contribution in [0.15, 0.2) is 49.2 Å². The molecule has 1 N–H and O–H groups in total. The van der Waals surface area contributed by atoms with E-state index in [1.807, 2.05) is 17.7 Å². The lowest BCUT2D eigenvalue weighted by Gasteiger charge is -2.14. The zero-order chi connectivity index (χ0) is 20.1. The van der Waals surface area contributed by atoms with Crippen molar-refractivity contribution in [2.24, 2.45) is 0 Å². The van der Waals surface area contributed by atoms with Gasteiger partial charge in [0.15, 0.2) is 0 Å². The van der Waals surface area contributed by atoms with Crippen LogP contribution in [0, 0.1) is 6.92 Å². The Morgan fingerprint density at radius 3 is 2.64 bits per heavy atom. The summed E-state index contributed by atoms with van der Waals surface area (Å²) in [6, 6.07) is 7.02. The van der Waals surface area contributed by atoms with Gasteiger partial charge in [-0.1, -0.05) is 0 Å². The second-order valence-electron chi connectivity index (χ2n) is 6.46. The summed E-state index contributed by atoms with van der Waals surface area (Å²) in [6.45, 7) is 6.46. The molecule has 0 spiro atoms. The molecule has 0 aliphatic heterocycles. The Balaban J connectivity index is 1.68. The molecule has 0 fully saturated rings. The number of carbonyl (C=O) groups is 2. The Morgan fingerprint density at radius 2 is 2.00 bits per heavy atom. The number of aromatic nitrogens is 4. The van der Waals surface area contributed by atoms with Crippen molar-refractivity contribution in [2.75, 3.05) is 6.61 Å². The molecule has 0 aliphatic carbocycles. The topological polar surface area (TPSA) is 91.0 Å². The summed E-state index contributed by atoms with van der Waals surface area (Å²) in [4.78, 5) is 28.4. The second-order valence-corrected chi connectivity index (χ2v) is 6.46. The molecule has 1 amide bonds. The van der Waals surface area contributed by atoms with Crippen LogP contribution in [0.2, 0.25) is 0 Å². The quantitative estimate of drug-likeness (QED) is 0.635. The van der Waals surface area contributed by atoms with Gasteiger partial charge in [0.1, 0.15) is 5.56 Å². The van der Waals surface area contributed by atoms with Crippen molar-refractivity contribution in [2.45, 2.75) is 33.4 Å². The molecule has 8 nitrogen and oxygen atoms in total. The van der Waals surface area contributed by atoms with Crippen molar-refractivity contribution in [3.05, 3.63) is 66.0 Å². The van der Waals surface area contributed by atoms with Crippen molar-refractivity contribution in [3.63, 3.8) is 0 Å². The average molecular weight is 381 g/mol. The van der Waals surface area contributed by atoms with E-state index in [0.29, 0.717) is 30.0 Å². The first kappa shape index (κ1) is 19.3. The number of nitrogens with zero attached hydrogens (tertiary/aromatic N) is 4. The number of amides is 1. The molecule has 2 heterocycles. The fourth-order valence-corrected chi connectivity index (χ4v) is 2.90. The Kier molecular flexibility index (Phi) is 5.88. The average Bonchev–Trinajstić information content (AvgIpc) is 3.31. The predicted molar refractivity (Wildman–Crippen MR) is 103 cm³/mol. The van der Waals surface area contributed by atoms with Gasteiger partial charge in [-0.15, -0.1) is 0 Å². The maximum atomic E-state index is 12.4. The summed E-state index contributed by atoms with van der Waals surface area (Å²) in [5.74, 6) is -0.544. The molecule has 146 valence electrons. The van der Waals surface area contributed by atoms with E-state index < -0.39 is 5.97 Å². The third kappa shape index (κ3) is 4.28. The van der Waals surface area contributed by atoms with Crippen molar-refractivity contribution in [3.8, 4) is 5.69 Å². The molecule has 1 unspecified atom stereocenters. The molecule has 0 radical (unpaired) electrons. The van der Waals surface area contributed by atoms with Gasteiger partial charge >= 0.3 is 5.97 Å². The van der Waals surface area contributed by atoms with Crippen molar-refractivity contribution >= 4 is 11.9 Å². The Labute approximate surface area is 163 Å². The van der Waals surface area contributed by atoms with Gasteiger partial charge < -0.3 is 14.6 Å². The van der Waals surface area contributed by atoms with Crippen molar-refractivity contribution in [1.29, 1.82) is 0 Å². The van der Waals surface area contributed by atoms with E-state index in [1.54, 1.807) is 55.3 Å². The largest absolute Gasteiger partial charge is 0.462 e. The summed E-state index contributed by atoms with van der Waals surface area (Å²) in [5.41, 5.74) is 2.43. The fraction of sp³-hybridized carbons (Fsp3) is 0.300. The molecule has 0 aliphatic rings. The maximum absolute atomic E-state index is 12.4. The number of rotatable bonds is 7. The molecule has 2 aromatic heterocycles. The Hall–Kier alpha value is -3.42. The standard InChI is InChI=1S/C20H23N5O3/c1-4-28-20(27)18-11-22-25(15(18)3)17-7-5-16(6-8-17)19(26)23-14(2)12-24-10-9-21-13-24/h5-11,13-14H,4,12H2,1-3H3,(H,23,26). The molecule has 8 heteroatoms. The van der Waals surface area contributed by atoms with Gasteiger partial charge in [0.2, 0.25) is 0 Å². The van der Waals surface area contributed by atoms with Crippen molar-refractivity contribution in [1.82, 2.24) is 24.6 Å². The van der Waals surface area contributed by atoms with Crippen LogP contribution in [0.25, 0.3) is 5.69 Å². The van der Waals surface area contributed by atoms with Crippen LogP contribution in [0.3, 0.4) is 0 Å². The molecule has 1 aromatic carbocycles. The highest BCUT2D eigenvalue weighted by Gasteiger charge is 2.16. The molecule has 3 rings (SSSR count). The van der Waals surface area contributed by atoms with Crippen molar-refractivity contribution < 1.29 is 14.3 Å². The zero-order valence-corrected chi connectivity index (χ0v) is 16.1. The number of carbonyl (C=O) groups excluding carboxylic acids is 2. The molecular formula is C20H23N5O3. The first-order valence-corrected chi connectivity index (χ1v) is 9.08. The molecule has 3 aromatic rings. The Bertz CT molecular complexity index is 945. The summed E-state index contributed by atoms with van der Waals surface area (Å²) < 4.78 is 8.59. The fourth-order valence-electron chi connectivity index (χ4n) is 2.90. The lowest BCUT2D eigenvalue weighted by molar-refractivity contribution is 0.0525. The predicted octanol–water partition coefficient (Wildman–Crippen LogP) is 2.37. The lowest BCUT2D eigenvalue weighted by atomic mass is 10.1. The second kappa shape index (κ2) is 8.51. The molecule has 0 saturated carbocycles. The van der Waals surface area contributed by atoms with Crippen LogP contribution in [0.1, 0.15) is 40.3 Å². The van der Waals surface area contributed by atoms with E-state index in [9.17, 15) is 9.59 Å². The minimum atomic E-state index is -0.394. The minimum absolute atomic E-state index is 0.0399. The number of nitrogens with one attached hydrogen (secondary N) is 1. The highest BCUT2D eigenvalue weighted by Crippen LogP contribution is 2.16. The molecular weight excluding hydrogens is 358 g/mol. The number of esters is 1. The van der Waals surface area contributed by atoms with Crippen LogP contribution in [-0.4, -0.2) is 43.9 Å². The van der Waals surface area contributed by atoms with E-state index >= 15 is 0 Å². The van der Waals surface area contributed by atoms with Crippen LogP contribution >= 0.6 is 0 Å². The molecule has 1 atom stereocenters. The number of ether oxygens (including phenoxy) is 1. The van der Waals surface area contributed by atoms with Gasteiger partial charge in [-0.05, 0) is 45.0 Å². The van der Waals surface area contributed by atoms with Crippen LogP contribution < -0.4 is 5.32 Å². The smallest absolute Gasteiger partial charge is 0.341 e. The molecule has 28 heavy (non-hydrogen) atoms. The highest BCUT2D eigenvalue weighted by atomic mass is 16.5. The Morgan fingerprint density at radius 1 is 1.25 bits per heavy atom. The number of hydrogen-bond donors (Lipinski definition) is 1. The van der Waals surface area contributed by atoms with E-state index in [4.69, 9.17) is 4.74 Å².